The minimum Gasteiger partial charge on any atom is -0.462 e. The van der Waals surface area contributed by atoms with E-state index < -0.39 is 12.0 Å². The zero-order valence-corrected chi connectivity index (χ0v) is 14.6. The van der Waals surface area contributed by atoms with Crippen LogP contribution in [0.15, 0.2) is 35.5 Å². The molecule has 1 aliphatic carbocycles. The Morgan fingerprint density at radius 3 is 2.76 bits per heavy atom. The summed E-state index contributed by atoms with van der Waals surface area (Å²) in [5, 5.41) is 6.41. The van der Waals surface area contributed by atoms with Gasteiger partial charge in [-0.2, -0.15) is 4.91 Å². The molecule has 0 saturated heterocycles. The molecule has 1 aromatic carbocycles. The number of nitrogens with zero attached hydrogens (tertiary/aromatic N) is 1. The molecule has 0 fully saturated rings. The highest BCUT2D eigenvalue weighted by Crippen LogP contribution is 2.44. The number of hydrogen-bond acceptors (Lipinski definition) is 6. The van der Waals surface area contributed by atoms with Crippen molar-refractivity contribution >= 4 is 28.2 Å². The number of benzene rings is 1. The number of carbonyl (C=O) groups is 2. The Bertz CT molecular complexity index is 801. The molecular formula is C18H18N2O4S. The lowest BCUT2D eigenvalue weighted by Crippen LogP contribution is -2.16. The molecule has 25 heavy (non-hydrogen) atoms. The molecule has 0 radical (unpaired) electrons. The molecule has 1 aliphatic rings. The monoisotopic (exact) mass is 358 g/mol. The number of amides is 1. The SMILES string of the molecule is CCOC(=O)c1c(NC(=O)c2ccccc2)sc2c1CCCC2N=O. The van der Waals surface area contributed by atoms with Crippen LogP contribution in [-0.4, -0.2) is 18.5 Å². The van der Waals surface area contributed by atoms with Crippen molar-refractivity contribution in [3.8, 4) is 0 Å². The molecule has 1 N–H and O–H groups in total. The Hall–Kier alpha value is -2.54. The van der Waals surface area contributed by atoms with E-state index in [0.717, 1.165) is 16.9 Å². The zero-order valence-electron chi connectivity index (χ0n) is 13.8. The predicted octanol–water partition coefficient (Wildman–Crippen LogP) is 4.32. The fourth-order valence-corrected chi connectivity index (χ4v) is 4.27. The number of carbonyl (C=O) groups excluding carboxylic acids is 2. The zero-order chi connectivity index (χ0) is 17.8. The Morgan fingerprint density at radius 1 is 1.32 bits per heavy atom. The van der Waals surface area contributed by atoms with Gasteiger partial charge in [-0.15, -0.1) is 11.3 Å². The van der Waals surface area contributed by atoms with E-state index in [9.17, 15) is 14.5 Å². The summed E-state index contributed by atoms with van der Waals surface area (Å²) < 4.78 is 5.16. The van der Waals surface area contributed by atoms with Crippen molar-refractivity contribution in [2.45, 2.75) is 32.2 Å². The Balaban J connectivity index is 2.00. The fraction of sp³-hybridized carbons (Fsp3) is 0.333. The van der Waals surface area contributed by atoms with Crippen LogP contribution in [0.1, 0.15) is 57.0 Å². The number of nitrogens with one attached hydrogen (secondary N) is 1. The lowest BCUT2D eigenvalue weighted by Gasteiger charge is -2.16. The summed E-state index contributed by atoms with van der Waals surface area (Å²) in [6.45, 7) is 1.97. The van der Waals surface area contributed by atoms with Crippen molar-refractivity contribution < 1.29 is 14.3 Å². The van der Waals surface area contributed by atoms with E-state index in [2.05, 4.69) is 10.5 Å². The highest BCUT2D eigenvalue weighted by molar-refractivity contribution is 7.17. The maximum atomic E-state index is 12.5. The van der Waals surface area contributed by atoms with Gasteiger partial charge in [-0.1, -0.05) is 23.4 Å². The third-order valence-corrected chi connectivity index (χ3v) is 5.36. The van der Waals surface area contributed by atoms with Gasteiger partial charge in [0, 0.05) is 10.4 Å². The van der Waals surface area contributed by atoms with Gasteiger partial charge in [0.1, 0.15) is 11.0 Å². The van der Waals surface area contributed by atoms with Crippen molar-refractivity contribution in [3.63, 3.8) is 0 Å². The van der Waals surface area contributed by atoms with Crippen molar-refractivity contribution in [3.05, 3.63) is 56.8 Å². The van der Waals surface area contributed by atoms with Crippen LogP contribution >= 0.6 is 11.3 Å². The Morgan fingerprint density at radius 2 is 2.08 bits per heavy atom. The number of ether oxygens (including phenoxy) is 1. The standard InChI is InChI=1S/C18H18N2O4S/c1-2-24-18(22)14-12-9-6-10-13(20-23)15(12)25-17(14)19-16(21)11-7-4-3-5-8-11/h3-5,7-8,13H,2,6,9-10H2,1H3,(H,19,21). The van der Waals surface area contributed by atoms with Crippen LogP contribution in [0.2, 0.25) is 0 Å². The average Bonchev–Trinajstić information content (AvgIpc) is 3.00. The molecule has 1 heterocycles. The number of anilines is 1. The van der Waals surface area contributed by atoms with Crippen LogP contribution in [-0.2, 0) is 11.2 Å². The molecule has 0 bridgehead atoms. The normalized spacial score (nSPS) is 16.0. The maximum absolute atomic E-state index is 12.5. The van der Waals surface area contributed by atoms with Crippen molar-refractivity contribution in [1.82, 2.24) is 0 Å². The lowest BCUT2D eigenvalue weighted by molar-refractivity contribution is 0.0526. The minimum absolute atomic E-state index is 0.241. The van der Waals surface area contributed by atoms with Crippen LogP contribution in [0.5, 0.6) is 0 Å². The molecule has 2 aromatic rings. The van der Waals surface area contributed by atoms with E-state index in [1.165, 1.54) is 11.3 Å². The van der Waals surface area contributed by atoms with E-state index in [-0.39, 0.29) is 12.5 Å². The van der Waals surface area contributed by atoms with Gasteiger partial charge in [0.25, 0.3) is 5.91 Å². The summed E-state index contributed by atoms with van der Waals surface area (Å²) in [6.07, 6.45) is 2.11. The van der Waals surface area contributed by atoms with Crippen LogP contribution in [0.25, 0.3) is 0 Å². The van der Waals surface area contributed by atoms with Gasteiger partial charge in [0.15, 0.2) is 0 Å². The van der Waals surface area contributed by atoms with Crippen LogP contribution < -0.4 is 5.32 Å². The average molecular weight is 358 g/mol. The lowest BCUT2D eigenvalue weighted by atomic mass is 9.92. The molecule has 3 rings (SSSR count). The summed E-state index contributed by atoms with van der Waals surface area (Å²) in [6, 6.07) is 8.29. The smallest absolute Gasteiger partial charge is 0.341 e. The van der Waals surface area contributed by atoms with Gasteiger partial charge >= 0.3 is 5.97 Å². The molecule has 1 amide bonds. The van der Waals surface area contributed by atoms with Gasteiger partial charge in [0.2, 0.25) is 0 Å². The Kier molecular flexibility index (Phi) is 5.23. The second kappa shape index (κ2) is 7.57. The van der Waals surface area contributed by atoms with Gasteiger partial charge in [-0.3, -0.25) is 4.79 Å². The number of hydrogen-bond donors (Lipinski definition) is 1. The fourth-order valence-electron chi connectivity index (χ4n) is 2.98. The van der Waals surface area contributed by atoms with E-state index in [4.69, 9.17) is 4.74 Å². The molecule has 1 atom stereocenters. The number of fused-ring (bicyclic) bond motifs is 1. The summed E-state index contributed by atoms with van der Waals surface area (Å²) in [4.78, 5) is 36.8. The molecule has 0 aliphatic heterocycles. The van der Waals surface area contributed by atoms with Gasteiger partial charge < -0.3 is 10.1 Å². The first-order valence-corrected chi connectivity index (χ1v) is 8.98. The van der Waals surface area contributed by atoms with Crippen LogP contribution in [0.4, 0.5) is 5.00 Å². The summed E-state index contributed by atoms with van der Waals surface area (Å²) >= 11 is 1.25. The number of nitroso groups, excluding NO2 is 1. The number of thiophene rings is 1. The molecule has 0 spiro atoms. The first-order valence-electron chi connectivity index (χ1n) is 8.17. The van der Waals surface area contributed by atoms with Crippen LogP contribution in [0.3, 0.4) is 0 Å². The first-order chi connectivity index (χ1) is 12.2. The topological polar surface area (TPSA) is 84.8 Å². The van der Waals surface area contributed by atoms with E-state index in [1.807, 2.05) is 6.07 Å². The molecule has 6 nitrogen and oxygen atoms in total. The predicted molar refractivity (Wildman–Crippen MR) is 96.1 cm³/mol. The third kappa shape index (κ3) is 3.46. The van der Waals surface area contributed by atoms with E-state index in [1.54, 1.807) is 31.2 Å². The quantitative estimate of drug-likeness (QED) is 0.637. The first kappa shape index (κ1) is 17.3. The highest BCUT2D eigenvalue weighted by atomic mass is 32.1. The minimum atomic E-state index is -0.477. The second-order valence-corrected chi connectivity index (χ2v) is 6.76. The molecule has 0 saturated carbocycles. The largest absolute Gasteiger partial charge is 0.462 e. The van der Waals surface area contributed by atoms with Crippen molar-refractivity contribution in [2.24, 2.45) is 5.18 Å². The highest BCUT2D eigenvalue weighted by Gasteiger charge is 2.32. The summed E-state index contributed by atoms with van der Waals surface area (Å²) in [5.41, 5.74) is 1.64. The van der Waals surface area contributed by atoms with E-state index in [0.29, 0.717) is 29.0 Å². The van der Waals surface area contributed by atoms with Gasteiger partial charge in [-0.05, 0) is 43.9 Å². The molecule has 130 valence electrons. The molecule has 7 heteroatoms. The summed E-state index contributed by atoms with van der Waals surface area (Å²) in [5.74, 6) is -0.782. The molecule has 1 aromatic heterocycles. The van der Waals surface area contributed by atoms with E-state index >= 15 is 0 Å². The number of esters is 1. The number of rotatable bonds is 5. The molecular weight excluding hydrogens is 340 g/mol. The van der Waals surface area contributed by atoms with Crippen LogP contribution in [0, 0.1) is 4.91 Å². The second-order valence-electron chi connectivity index (χ2n) is 5.70. The van der Waals surface area contributed by atoms with Crippen molar-refractivity contribution in [2.75, 3.05) is 11.9 Å². The Labute approximate surface area is 149 Å². The summed E-state index contributed by atoms with van der Waals surface area (Å²) in [7, 11) is 0. The van der Waals surface area contributed by atoms with Gasteiger partial charge in [-0.25, -0.2) is 4.79 Å². The van der Waals surface area contributed by atoms with Crippen molar-refractivity contribution in [1.29, 1.82) is 0 Å². The third-order valence-electron chi connectivity index (χ3n) is 4.12. The van der Waals surface area contributed by atoms with Gasteiger partial charge in [0.05, 0.1) is 12.2 Å². The maximum Gasteiger partial charge on any atom is 0.341 e. The molecule has 1 unspecified atom stereocenters.